The summed E-state index contributed by atoms with van der Waals surface area (Å²) in [6.07, 6.45) is 13.3. The Hall–Kier alpha value is -0.950. The molecule has 174 valence electrons. The van der Waals surface area contributed by atoms with Gasteiger partial charge < -0.3 is 5.73 Å². The normalized spacial score (nSPS) is 13.0. The lowest BCUT2D eigenvalue weighted by molar-refractivity contribution is 0.0717. The summed E-state index contributed by atoms with van der Waals surface area (Å²) < 4.78 is 30.8. The quantitative estimate of drug-likeness (QED) is 0.248. The number of nitrogens with two attached hydrogens (primary N) is 1. The van der Waals surface area contributed by atoms with Crippen LogP contribution >= 0.6 is 0 Å². The van der Waals surface area contributed by atoms with E-state index in [2.05, 4.69) is 12.4 Å². The molecule has 0 aromatic heterocycles. The van der Waals surface area contributed by atoms with Crippen LogP contribution in [0, 0.1) is 0 Å². The minimum atomic E-state index is -3.91. The fourth-order valence-electron chi connectivity index (χ4n) is 3.09. The van der Waals surface area contributed by atoms with Crippen molar-refractivity contribution in [2.24, 2.45) is 5.73 Å². The van der Waals surface area contributed by atoms with Gasteiger partial charge in [-0.2, -0.15) is 18.2 Å². The lowest BCUT2D eigenvalue weighted by Crippen LogP contribution is -2.61. The van der Waals surface area contributed by atoms with Crippen molar-refractivity contribution in [3.05, 3.63) is 29.8 Å². The molecule has 0 radical (unpaired) electrons. The molecule has 0 atom stereocenters. The molecule has 5 nitrogen and oxygen atoms in total. The van der Waals surface area contributed by atoms with Gasteiger partial charge in [-0.05, 0) is 52.2 Å². The summed E-state index contributed by atoms with van der Waals surface area (Å²) >= 11 is 0. The summed E-state index contributed by atoms with van der Waals surface area (Å²) in [7, 11) is -3.91. The van der Waals surface area contributed by atoms with Crippen molar-refractivity contribution in [1.82, 2.24) is 5.48 Å². The molecule has 1 aromatic rings. The first kappa shape index (κ1) is 27.1. The molecule has 0 aliphatic rings. The van der Waals surface area contributed by atoms with Crippen LogP contribution in [-0.2, 0) is 20.8 Å². The highest BCUT2D eigenvalue weighted by Crippen LogP contribution is 2.23. The number of unbranched alkanes of at least 4 members (excludes halogenated alkanes) is 9. The molecular weight excluding hydrogens is 396 g/mol. The summed E-state index contributed by atoms with van der Waals surface area (Å²) in [5.74, 6) is 0. The third-order valence-corrected chi connectivity index (χ3v) is 7.30. The van der Waals surface area contributed by atoms with Crippen LogP contribution in [0.15, 0.2) is 29.2 Å². The topological polar surface area (TPSA) is 81.4 Å². The van der Waals surface area contributed by atoms with Crippen molar-refractivity contribution in [2.45, 2.75) is 121 Å². The minimum Gasteiger partial charge on any atom is -0.324 e. The number of hydroxylamine groups is 1. The van der Waals surface area contributed by atoms with E-state index in [-0.39, 0.29) is 4.90 Å². The zero-order chi connectivity index (χ0) is 22.7. The molecule has 0 unspecified atom stereocenters. The van der Waals surface area contributed by atoms with Crippen LogP contribution in [0.25, 0.3) is 0 Å². The van der Waals surface area contributed by atoms with Crippen molar-refractivity contribution in [2.75, 3.05) is 0 Å². The van der Waals surface area contributed by atoms with E-state index in [1.807, 2.05) is 39.8 Å². The van der Waals surface area contributed by atoms with Crippen LogP contribution in [0.4, 0.5) is 0 Å². The van der Waals surface area contributed by atoms with Gasteiger partial charge in [0.15, 0.2) is 0 Å². The van der Waals surface area contributed by atoms with Gasteiger partial charge in [0, 0.05) is 5.54 Å². The van der Waals surface area contributed by atoms with Gasteiger partial charge in [0.1, 0.15) is 0 Å². The van der Waals surface area contributed by atoms with Crippen LogP contribution < -0.4 is 11.2 Å². The Bertz CT molecular complexity index is 709. The molecule has 0 aliphatic heterocycles. The van der Waals surface area contributed by atoms with Gasteiger partial charge in [-0.3, -0.25) is 0 Å². The molecule has 30 heavy (non-hydrogen) atoms. The van der Waals surface area contributed by atoms with Crippen LogP contribution in [0.3, 0.4) is 0 Å². The number of benzene rings is 1. The van der Waals surface area contributed by atoms with E-state index in [4.69, 9.17) is 10.0 Å². The Balaban J connectivity index is 2.50. The maximum Gasteiger partial charge on any atom is 0.313 e. The van der Waals surface area contributed by atoms with Crippen molar-refractivity contribution in [1.29, 1.82) is 0 Å². The maximum atomic E-state index is 12.8. The van der Waals surface area contributed by atoms with Gasteiger partial charge in [-0.15, -0.1) is 0 Å². The monoisotopic (exact) mass is 440 g/mol. The average molecular weight is 441 g/mol. The SMILES string of the molecule is CCCCCCCCCCCCc1ccccc1S(=O)(=O)ONC(C)(C)C(C)(C)N. The predicted molar refractivity (Wildman–Crippen MR) is 126 cm³/mol. The first-order valence-corrected chi connectivity index (χ1v) is 13.0. The largest absolute Gasteiger partial charge is 0.324 e. The Kier molecular flexibility index (Phi) is 11.6. The highest BCUT2D eigenvalue weighted by atomic mass is 32.2. The van der Waals surface area contributed by atoms with Crippen molar-refractivity contribution in [3.8, 4) is 0 Å². The highest BCUT2D eigenvalue weighted by molar-refractivity contribution is 7.86. The van der Waals surface area contributed by atoms with Crippen molar-refractivity contribution < 1.29 is 12.7 Å². The van der Waals surface area contributed by atoms with E-state index in [0.29, 0.717) is 0 Å². The molecule has 1 rings (SSSR count). The summed E-state index contributed by atoms with van der Waals surface area (Å²) in [6, 6.07) is 7.10. The number of hydrogen-bond donors (Lipinski definition) is 2. The molecule has 0 saturated heterocycles. The minimum absolute atomic E-state index is 0.235. The molecule has 0 aliphatic carbocycles. The van der Waals surface area contributed by atoms with Gasteiger partial charge in [-0.1, -0.05) is 82.9 Å². The summed E-state index contributed by atoms with van der Waals surface area (Å²) in [4.78, 5) is 0.235. The maximum absolute atomic E-state index is 12.8. The summed E-state index contributed by atoms with van der Waals surface area (Å²) in [5, 5.41) is 0. The Morgan fingerprint density at radius 3 is 1.90 bits per heavy atom. The molecule has 0 bridgehead atoms. The lowest BCUT2D eigenvalue weighted by atomic mass is 9.84. The van der Waals surface area contributed by atoms with E-state index in [0.717, 1.165) is 24.8 Å². The third kappa shape index (κ3) is 9.46. The van der Waals surface area contributed by atoms with Crippen LogP contribution in [0.5, 0.6) is 0 Å². The van der Waals surface area contributed by atoms with E-state index in [1.54, 1.807) is 12.1 Å². The number of aryl methyl sites for hydroxylation is 1. The van der Waals surface area contributed by atoms with Crippen LogP contribution in [0.1, 0.15) is 104 Å². The lowest BCUT2D eigenvalue weighted by Gasteiger charge is -2.38. The molecular formula is C24H44N2O3S. The fraction of sp³-hybridized carbons (Fsp3) is 0.750. The Morgan fingerprint density at radius 2 is 1.37 bits per heavy atom. The van der Waals surface area contributed by atoms with Crippen molar-refractivity contribution >= 4 is 10.1 Å². The molecule has 0 amide bonds. The number of hydrogen-bond acceptors (Lipinski definition) is 5. The van der Waals surface area contributed by atoms with Crippen LogP contribution in [-0.4, -0.2) is 19.5 Å². The summed E-state index contributed by atoms with van der Waals surface area (Å²) in [5.41, 5.74) is 8.22. The van der Waals surface area contributed by atoms with Gasteiger partial charge in [0.25, 0.3) is 0 Å². The second-order valence-corrected chi connectivity index (χ2v) is 11.0. The van der Waals surface area contributed by atoms with Gasteiger partial charge >= 0.3 is 10.1 Å². The number of rotatable bonds is 16. The second kappa shape index (κ2) is 12.8. The average Bonchev–Trinajstić information content (AvgIpc) is 2.67. The molecule has 0 spiro atoms. The number of nitrogens with one attached hydrogen (secondary N) is 1. The standard InChI is InChI=1S/C24H44N2O3S/c1-6-7-8-9-10-11-12-13-14-15-18-21-19-16-17-20-22(21)30(27,28)29-26-24(4,5)23(2,3)25/h16-17,19-20,26H,6-15,18,25H2,1-5H3. The Morgan fingerprint density at radius 1 is 0.867 bits per heavy atom. The van der Waals surface area contributed by atoms with E-state index >= 15 is 0 Å². The first-order chi connectivity index (χ1) is 14.0. The molecule has 0 saturated carbocycles. The highest BCUT2D eigenvalue weighted by Gasteiger charge is 2.35. The Labute approximate surface area is 185 Å². The molecule has 3 N–H and O–H groups in total. The third-order valence-electron chi connectivity index (χ3n) is 6.06. The zero-order valence-electron chi connectivity index (χ0n) is 19.8. The molecule has 6 heteroatoms. The van der Waals surface area contributed by atoms with Gasteiger partial charge in [0.2, 0.25) is 0 Å². The van der Waals surface area contributed by atoms with Crippen molar-refractivity contribution in [3.63, 3.8) is 0 Å². The predicted octanol–water partition coefficient (Wildman–Crippen LogP) is 5.88. The summed E-state index contributed by atoms with van der Waals surface area (Å²) in [6.45, 7) is 9.54. The smallest absolute Gasteiger partial charge is 0.313 e. The fourth-order valence-corrected chi connectivity index (χ4v) is 4.24. The van der Waals surface area contributed by atoms with E-state index in [9.17, 15) is 8.42 Å². The second-order valence-electron chi connectivity index (χ2n) is 9.53. The van der Waals surface area contributed by atoms with E-state index < -0.39 is 21.2 Å². The first-order valence-electron chi connectivity index (χ1n) is 11.6. The van der Waals surface area contributed by atoms with Crippen LogP contribution in [0.2, 0.25) is 0 Å². The van der Waals surface area contributed by atoms with Gasteiger partial charge in [0.05, 0.1) is 10.4 Å². The van der Waals surface area contributed by atoms with Gasteiger partial charge in [-0.25, -0.2) is 0 Å². The molecule has 1 aromatic carbocycles. The zero-order valence-corrected chi connectivity index (χ0v) is 20.6. The molecule has 0 heterocycles. The van der Waals surface area contributed by atoms with E-state index in [1.165, 1.54) is 51.4 Å². The molecule has 0 fully saturated rings.